The second-order valence-electron chi connectivity index (χ2n) is 4.64. The fraction of sp³-hybridized carbons (Fsp3) is 0.462. The lowest BCUT2D eigenvalue weighted by Crippen LogP contribution is -2.29. The van der Waals surface area contributed by atoms with Gasteiger partial charge in [0, 0.05) is 31.8 Å². The monoisotopic (exact) mass is 264 g/mol. The molecule has 1 aromatic rings. The van der Waals surface area contributed by atoms with Gasteiger partial charge in [-0.15, -0.1) is 0 Å². The molecule has 6 nitrogen and oxygen atoms in total. The Kier molecular flexibility index (Phi) is 4.11. The zero-order valence-electron chi connectivity index (χ0n) is 10.7. The van der Waals surface area contributed by atoms with Crippen molar-refractivity contribution < 1.29 is 14.5 Å². The number of nitrogens with zero attached hydrogens (tertiary/aromatic N) is 2. The van der Waals surface area contributed by atoms with Crippen LogP contribution in [0.2, 0.25) is 0 Å². The Bertz CT molecular complexity index is 484. The van der Waals surface area contributed by atoms with Gasteiger partial charge in [-0.25, -0.2) is 0 Å². The number of carbonyl (C=O) groups excluding carboxylic acids is 1. The first-order valence-electron chi connectivity index (χ1n) is 6.18. The smallest absolute Gasteiger partial charge is 0.293 e. The third-order valence-electron chi connectivity index (χ3n) is 3.24. The summed E-state index contributed by atoms with van der Waals surface area (Å²) in [4.78, 5) is 23.1. The number of rotatable bonds is 5. The third-order valence-corrected chi connectivity index (χ3v) is 3.24. The SMILES string of the molecule is CN(CC1CCCO1)c1ccc(C=O)cc1[N+](=O)[O-]. The molecule has 6 heteroatoms. The van der Waals surface area contributed by atoms with Crippen LogP contribution in [0.15, 0.2) is 18.2 Å². The maximum atomic E-state index is 11.1. The molecule has 0 aromatic heterocycles. The fourth-order valence-corrected chi connectivity index (χ4v) is 2.27. The number of hydrogen-bond acceptors (Lipinski definition) is 5. The Morgan fingerprint density at radius 1 is 1.58 bits per heavy atom. The molecule has 1 saturated heterocycles. The molecule has 0 bridgehead atoms. The number of anilines is 1. The van der Waals surface area contributed by atoms with Crippen LogP contribution in [-0.2, 0) is 4.74 Å². The topological polar surface area (TPSA) is 72.7 Å². The summed E-state index contributed by atoms with van der Waals surface area (Å²) in [6.45, 7) is 1.37. The average molecular weight is 264 g/mol. The van der Waals surface area contributed by atoms with Gasteiger partial charge in [0.25, 0.3) is 5.69 Å². The minimum atomic E-state index is -0.464. The Morgan fingerprint density at radius 3 is 2.95 bits per heavy atom. The average Bonchev–Trinajstić information content (AvgIpc) is 2.90. The van der Waals surface area contributed by atoms with Crippen molar-refractivity contribution in [3.63, 3.8) is 0 Å². The molecule has 19 heavy (non-hydrogen) atoms. The summed E-state index contributed by atoms with van der Waals surface area (Å²) in [5, 5.41) is 11.1. The molecule has 1 fully saturated rings. The predicted molar refractivity (Wildman–Crippen MR) is 70.7 cm³/mol. The molecule has 1 aliphatic rings. The largest absolute Gasteiger partial charge is 0.376 e. The van der Waals surface area contributed by atoms with Crippen LogP contribution in [0.25, 0.3) is 0 Å². The van der Waals surface area contributed by atoms with Crippen LogP contribution < -0.4 is 4.90 Å². The van der Waals surface area contributed by atoms with Crippen molar-refractivity contribution >= 4 is 17.7 Å². The van der Waals surface area contributed by atoms with Crippen molar-refractivity contribution in [2.45, 2.75) is 18.9 Å². The normalized spacial score (nSPS) is 18.3. The van der Waals surface area contributed by atoms with Crippen molar-refractivity contribution in [1.29, 1.82) is 0 Å². The fourth-order valence-electron chi connectivity index (χ4n) is 2.27. The van der Waals surface area contributed by atoms with Crippen LogP contribution in [0.3, 0.4) is 0 Å². The molecule has 0 spiro atoms. The van der Waals surface area contributed by atoms with Gasteiger partial charge in [0.05, 0.1) is 11.0 Å². The Labute approximate surface area is 111 Å². The number of ether oxygens (including phenoxy) is 1. The van der Waals surface area contributed by atoms with Crippen molar-refractivity contribution in [2.24, 2.45) is 0 Å². The van der Waals surface area contributed by atoms with Crippen molar-refractivity contribution in [2.75, 3.05) is 25.1 Å². The Balaban J connectivity index is 2.21. The second-order valence-corrected chi connectivity index (χ2v) is 4.64. The number of benzene rings is 1. The van der Waals surface area contributed by atoms with Gasteiger partial charge in [-0.2, -0.15) is 0 Å². The molecular formula is C13H16N2O4. The van der Waals surface area contributed by atoms with E-state index in [1.54, 1.807) is 19.2 Å². The van der Waals surface area contributed by atoms with Gasteiger partial charge in [0.2, 0.25) is 0 Å². The standard InChI is InChI=1S/C13H16N2O4/c1-14(8-11-3-2-6-19-11)12-5-4-10(9-16)7-13(12)15(17)18/h4-5,7,9,11H,2-3,6,8H2,1H3. The highest BCUT2D eigenvalue weighted by Gasteiger charge is 2.22. The van der Waals surface area contributed by atoms with E-state index in [2.05, 4.69) is 0 Å². The highest BCUT2D eigenvalue weighted by molar-refractivity contribution is 5.79. The number of nitro groups is 1. The Hall–Kier alpha value is -1.95. The maximum absolute atomic E-state index is 11.1. The molecule has 1 aromatic carbocycles. The molecule has 2 rings (SSSR count). The maximum Gasteiger partial charge on any atom is 0.293 e. The number of nitro benzene ring substituents is 1. The quantitative estimate of drug-likeness (QED) is 0.462. The van der Waals surface area contributed by atoms with E-state index in [-0.39, 0.29) is 11.8 Å². The molecule has 0 radical (unpaired) electrons. The van der Waals surface area contributed by atoms with E-state index in [4.69, 9.17) is 4.74 Å². The van der Waals surface area contributed by atoms with E-state index in [9.17, 15) is 14.9 Å². The summed E-state index contributed by atoms with van der Waals surface area (Å²) in [7, 11) is 1.80. The molecule has 1 unspecified atom stereocenters. The zero-order chi connectivity index (χ0) is 13.8. The van der Waals surface area contributed by atoms with E-state index in [1.165, 1.54) is 6.07 Å². The molecule has 0 amide bonds. The molecular weight excluding hydrogens is 248 g/mol. The zero-order valence-corrected chi connectivity index (χ0v) is 10.7. The van der Waals surface area contributed by atoms with Gasteiger partial charge in [-0.3, -0.25) is 14.9 Å². The summed E-state index contributed by atoms with van der Waals surface area (Å²) in [5.41, 5.74) is 0.761. The lowest BCUT2D eigenvalue weighted by atomic mass is 10.1. The van der Waals surface area contributed by atoms with Crippen LogP contribution in [-0.4, -0.2) is 37.5 Å². The number of carbonyl (C=O) groups is 1. The highest BCUT2D eigenvalue weighted by atomic mass is 16.6. The summed E-state index contributed by atoms with van der Waals surface area (Å²) in [5.74, 6) is 0. The van der Waals surface area contributed by atoms with Crippen LogP contribution in [0, 0.1) is 10.1 Å². The van der Waals surface area contributed by atoms with Crippen LogP contribution in [0.4, 0.5) is 11.4 Å². The summed E-state index contributed by atoms with van der Waals surface area (Å²) < 4.78 is 5.52. The van der Waals surface area contributed by atoms with Gasteiger partial charge >= 0.3 is 0 Å². The highest BCUT2D eigenvalue weighted by Crippen LogP contribution is 2.29. The lowest BCUT2D eigenvalue weighted by Gasteiger charge is -2.22. The summed E-state index contributed by atoms with van der Waals surface area (Å²) in [6.07, 6.45) is 2.74. The van der Waals surface area contributed by atoms with Gasteiger partial charge in [-0.05, 0) is 25.0 Å². The molecule has 1 aliphatic heterocycles. The van der Waals surface area contributed by atoms with E-state index in [0.29, 0.717) is 24.1 Å². The van der Waals surface area contributed by atoms with Crippen LogP contribution >= 0.6 is 0 Å². The molecule has 0 aliphatic carbocycles. The van der Waals surface area contributed by atoms with Gasteiger partial charge in [0.1, 0.15) is 12.0 Å². The van der Waals surface area contributed by atoms with Gasteiger partial charge < -0.3 is 9.64 Å². The summed E-state index contributed by atoms with van der Waals surface area (Å²) >= 11 is 0. The minimum absolute atomic E-state index is 0.0508. The Morgan fingerprint density at radius 2 is 2.37 bits per heavy atom. The molecule has 0 saturated carbocycles. The van der Waals surface area contributed by atoms with E-state index < -0.39 is 4.92 Å². The van der Waals surface area contributed by atoms with E-state index in [1.807, 2.05) is 4.90 Å². The molecule has 1 heterocycles. The second kappa shape index (κ2) is 5.79. The van der Waals surface area contributed by atoms with Crippen LogP contribution in [0.1, 0.15) is 23.2 Å². The first kappa shape index (κ1) is 13.5. The first-order chi connectivity index (χ1) is 9.11. The molecule has 0 N–H and O–H groups in total. The van der Waals surface area contributed by atoms with E-state index >= 15 is 0 Å². The van der Waals surface area contributed by atoms with Crippen molar-refractivity contribution in [3.05, 3.63) is 33.9 Å². The predicted octanol–water partition coefficient (Wildman–Crippen LogP) is 2.02. The van der Waals surface area contributed by atoms with Crippen molar-refractivity contribution in [3.8, 4) is 0 Å². The minimum Gasteiger partial charge on any atom is -0.376 e. The van der Waals surface area contributed by atoms with Crippen molar-refractivity contribution in [1.82, 2.24) is 0 Å². The first-order valence-corrected chi connectivity index (χ1v) is 6.18. The lowest BCUT2D eigenvalue weighted by molar-refractivity contribution is -0.384. The number of hydrogen-bond donors (Lipinski definition) is 0. The molecule has 102 valence electrons. The van der Waals surface area contributed by atoms with Crippen LogP contribution in [0.5, 0.6) is 0 Å². The third kappa shape index (κ3) is 3.08. The molecule has 1 atom stereocenters. The van der Waals surface area contributed by atoms with E-state index in [0.717, 1.165) is 19.4 Å². The summed E-state index contributed by atoms with van der Waals surface area (Å²) in [6, 6.07) is 4.49. The number of likely N-dealkylation sites (N-methyl/N-ethyl adjacent to an activating group) is 1. The number of aldehydes is 1. The van der Waals surface area contributed by atoms with Gasteiger partial charge in [0.15, 0.2) is 0 Å². The van der Waals surface area contributed by atoms with Gasteiger partial charge in [-0.1, -0.05) is 0 Å².